The number of nitrogens with two attached hydrogens (primary N) is 1. The molecule has 7 heteroatoms. The van der Waals surface area contributed by atoms with Crippen molar-refractivity contribution in [2.75, 3.05) is 24.3 Å². The van der Waals surface area contributed by atoms with Gasteiger partial charge >= 0.3 is 5.69 Å². The Kier molecular flexibility index (Phi) is 3.89. The van der Waals surface area contributed by atoms with Crippen molar-refractivity contribution in [3.63, 3.8) is 0 Å². The third-order valence-electron chi connectivity index (χ3n) is 3.43. The molecule has 2 rings (SSSR count). The molecule has 7 nitrogen and oxygen atoms in total. The van der Waals surface area contributed by atoms with E-state index in [9.17, 15) is 9.59 Å². The van der Waals surface area contributed by atoms with E-state index in [4.69, 9.17) is 10.5 Å². The van der Waals surface area contributed by atoms with Crippen LogP contribution in [0.25, 0.3) is 0 Å². The molecule has 1 aliphatic heterocycles. The topological polar surface area (TPSA) is 102 Å². The van der Waals surface area contributed by atoms with Crippen LogP contribution in [0.4, 0.5) is 11.5 Å². The largest absolute Gasteiger partial charge is 0.383 e. The van der Waals surface area contributed by atoms with Crippen molar-refractivity contribution in [3.05, 3.63) is 20.8 Å². The zero-order valence-electron chi connectivity index (χ0n) is 12.2. The van der Waals surface area contributed by atoms with Gasteiger partial charge in [0.25, 0.3) is 5.56 Å². The Morgan fingerprint density at radius 1 is 1.50 bits per heavy atom. The highest BCUT2D eigenvalue weighted by Crippen LogP contribution is 2.24. The predicted molar refractivity (Wildman–Crippen MR) is 78.0 cm³/mol. The standard InChI is InChI=1S/C13H22N4O3/c1-8(2)6-17-10(14)9(11(18)15-12(17)19)16-13(3)4-5-20-7-13/h8,16H,4-7,14H2,1-3H3,(H,15,18,19). The summed E-state index contributed by atoms with van der Waals surface area (Å²) < 4.78 is 6.74. The maximum Gasteiger partial charge on any atom is 0.330 e. The Morgan fingerprint density at radius 3 is 2.75 bits per heavy atom. The van der Waals surface area contributed by atoms with Crippen LogP contribution in [0.15, 0.2) is 9.59 Å². The summed E-state index contributed by atoms with van der Waals surface area (Å²) in [5.41, 5.74) is 4.97. The van der Waals surface area contributed by atoms with Crippen LogP contribution in [0.1, 0.15) is 27.2 Å². The van der Waals surface area contributed by atoms with Gasteiger partial charge in [0.15, 0.2) is 0 Å². The number of ether oxygens (including phenoxy) is 1. The normalized spacial score (nSPS) is 22.4. The number of nitrogen functional groups attached to an aromatic ring is 1. The van der Waals surface area contributed by atoms with Gasteiger partial charge in [0.1, 0.15) is 11.5 Å². The molecule has 1 aromatic heterocycles. The van der Waals surface area contributed by atoms with Crippen LogP contribution in [0.3, 0.4) is 0 Å². The second-order valence-electron chi connectivity index (χ2n) is 6.01. The first kappa shape index (κ1) is 14.6. The minimum atomic E-state index is -0.486. The maximum atomic E-state index is 12.0. The average Bonchev–Trinajstić information content (AvgIpc) is 2.77. The van der Waals surface area contributed by atoms with Crippen molar-refractivity contribution in [3.8, 4) is 0 Å². The Morgan fingerprint density at radius 2 is 2.20 bits per heavy atom. The molecule has 112 valence electrons. The lowest BCUT2D eigenvalue weighted by atomic mass is 10.0. The monoisotopic (exact) mass is 282 g/mol. The van der Waals surface area contributed by atoms with Crippen LogP contribution in [0.2, 0.25) is 0 Å². The zero-order chi connectivity index (χ0) is 14.9. The number of rotatable bonds is 4. The summed E-state index contributed by atoms with van der Waals surface area (Å²) in [5, 5.41) is 3.14. The van der Waals surface area contributed by atoms with Crippen molar-refractivity contribution in [1.29, 1.82) is 0 Å². The first-order valence-electron chi connectivity index (χ1n) is 6.81. The van der Waals surface area contributed by atoms with E-state index in [0.29, 0.717) is 19.8 Å². The molecule has 1 aromatic rings. The highest BCUT2D eigenvalue weighted by atomic mass is 16.5. The summed E-state index contributed by atoms with van der Waals surface area (Å²) in [6, 6.07) is 0. The van der Waals surface area contributed by atoms with Crippen LogP contribution in [-0.2, 0) is 11.3 Å². The molecule has 1 unspecified atom stereocenters. The first-order valence-corrected chi connectivity index (χ1v) is 6.81. The van der Waals surface area contributed by atoms with Crippen molar-refractivity contribution in [2.24, 2.45) is 5.92 Å². The van der Waals surface area contributed by atoms with E-state index in [1.807, 2.05) is 20.8 Å². The quantitative estimate of drug-likeness (QED) is 0.740. The Balaban J connectivity index is 2.42. The minimum Gasteiger partial charge on any atom is -0.383 e. The number of nitrogens with zero attached hydrogens (tertiary/aromatic N) is 1. The Bertz CT molecular complexity index is 597. The van der Waals surface area contributed by atoms with Crippen molar-refractivity contribution < 1.29 is 4.74 Å². The number of aromatic nitrogens is 2. The van der Waals surface area contributed by atoms with Crippen LogP contribution >= 0.6 is 0 Å². The van der Waals surface area contributed by atoms with Gasteiger partial charge in [-0.1, -0.05) is 13.8 Å². The molecule has 1 fully saturated rings. The van der Waals surface area contributed by atoms with E-state index >= 15 is 0 Å². The fraction of sp³-hybridized carbons (Fsp3) is 0.692. The summed E-state index contributed by atoms with van der Waals surface area (Å²) >= 11 is 0. The smallest absolute Gasteiger partial charge is 0.330 e. The summed E-state index contributed by atoms with van der Waals surface area (Å²) in [7, 11) is 0. The molecule has 20 heavy (non-hydrogen) atoms. The van der Waals surface area contributed by atoms with Crippen molar-refractivity contribution >= 4 is 11.5 Å². The fourth-order valence-electron chi connectivity index (χ4n) is 2.32. The number of hydrogen-bond acceptors (Lipinski definition) is 5. The first-order chi connectivity index (χ1) is 9.32. The number of hydrogen-bond donors (Lipinski definition) is 3. The van der Waals surface area contributed by atoms with Crippen LogP contribution < -0.4 is 22.3 Å². The number of aromatic amines is 1. The Hall–Kier alpha value is -1.76. The van der Waals surface area contributed by atoms with Gasteiger partial charge in [-0.15, -0.1) is 0 Å². The molecular formula is C13H22N4O3. The van der Waals surface area contributed by atoms with E-state index < -0.39 is 11.2 Å². The number of anilines is 2. The average molecular weight is 282 g/mol. The lowest BCUT2D eigenvalue weighted by molar-refractivity contribution is 0.185. The predicted octanol–water partition coefficient (Wildman–Crippen LogP) is 0.366. The molecule has 0 aromatic carbocycles. The molecule has 1 aliphatic rings. The molecule has 0 saturated carbocycles. The molecular weight excluding hydrogens is 260 g/mol. The van der Waals surface area contributed by atoms with E-state index in [1.165, 1.54) is 4.57 Å². The summed E-state index contributed by atoms with van der Waals surface area (Å²) in [6.45, 7) is 7.55. The molecule has 0 spiro atoms. The van der Waals surface area contributed by atoms with Crippen molar-refractivity contribution in [1.82, 2.24) is 9.55 Å². The third kappa shape index (κ3) is 2.87. The van der Waals surface area contributed by atoms with E-state index in [1.54, 1.807) is 0 Å². The molecule has 0 bridgehead atoms. The highest BCUT2D eigenvalue weighted by Gasteiger charge is 2.31. The van der Waals surface area contributed by atoms with Gasteiger partial charge in [-0.05, 0) is 19.3 Å². The van der Waals surface area contributed by atoms with Gasteiger partial charge in [0.2, 0.25) is 0 Å². The SMILES string of the molecule is CC(C)Cn1c(N)c(NC2(C)CCOC2)c(=O)[nH]c1=O. The molecule has 0 aliphatic carbocycles. The van der Waals surface area contributed by atoms with E-state index in [-0.39, 0.29) is 23.0 Å². The van der Waals surface area contributed by atoms with Crippen molar-refractivity contribution in [2.45, 2.75) is 39.3 Å². The second-order valence-corrected chi connectivity index (χ2v) is 6.01. The number of H-pyrrole nitrogens is 1. The third-order valence-corrected chi connectivity index (χ3v) is 3.43. The molecule has 0 radical (unpaired) electrons. The fourth-order valence-corrected chi connectivity index (χ4v) is 2.32. The highest BCUT2D eigenvalue weighted by molar-refractivity contribution is 5.61. The van der Waals surface area contributed by atoms with E-state index in [2.05, 4.69) is 10.3 Å². The van der Waals surface area contributed by atoms with Crippen LogP contribution in [0, 0.1) is 5.92 Å². The molecule has 1 atom stereocenters. The van der Waals surface area contributed by atoms with Gasteiger partial charge in [-0.3, -0.25) is 14.3 Å². The molecule has 2 heterocycles. The summed E-state index contributed by atoms with van der Waals surface area (Å²) in [4.78, 5) is 26.1. The van der Waals surface area contributed by atoms with Gasteiger partial charge in [-0.2, -0.15) is 0 Å². The molecule has 4 N–H and O–H groups in total. The second kappa shape index (κ2) is 5.32. The van der Waals surface area contributed by atoms with Crippen LogP contribution in [-0.4, -0.2) is 28.3 Å². The van der Waals surface area contributed by atoms with E-state index in [0.717, 1.165) is 6.42 Å². The van der Waals surface area contributed by atoms with Gasteiger partial charge in [-0.25, -0.2) is 4.79 Å². The lowest BCUT2D eigenvalue weighted by Gasteiger charge is -2.26. The summed E-state index contributed by atoms with van der Waals surface area (Å²) in [5.74, 6) is 0.430. The Labute approximate surface area is 117 Å². The van der Waals surface area contributed by atoms with Crippen LogP contribution in [0.5, 0.6) is 0 Å². The minimum absolute atomic E-state index is 0.181. The molecule has 0 amide bonds. The maximum absolute atomic E-state index is 12.0. The van der Waals surface area contributed by atoms with Gasteiger partial charge in [0.05, 0.1) is 12.1 Å². The molecule has 1 saturated heterocycles. The van der Waals surface area contributed by atoms with Gasteiger partial charge in [0, 0.05) is 13.2 Å². The zero-order valence-corrected chi connectivity index (χ0v) is 12.2. The number of nitrogens with one attached hydrogen (secondary N) is 2. The lowest BCUT2D eigenvalue weighted by Crippen LogP contribution is -2.41. The van der Waals surface area contributed by atoms with Gasteiger partial charge < -0.3 is 15.8 Å². The summed E-state index contributed by atoms with van der Waals surface area (Å²) in [6.07, 6.45) is 0.787.